The lowest BCUT2D eigenvalue weighted by atomic mass is 9.96. The van der Waals surface area contributed by atoms with Gasteiger partial charge in [0.25, 0.3) is 0 Å². The summed E-state index contributed by atoms with van der Waals surface area (Å²) in [4.78, 5) is 0. The van der Waals surface area contributed by atoms with Crippen LogP contribution >= 0.6 is 0 Å². The molecular weight excluding hydrogens is 330 g/mol. The summed E-state index contributed by atoms with van der Waals surface area (Å²) in [5, 5.41) is 0. The van der Waals surface area contributed by atoms with Gasteiger partial charge in [0.05, 0.1) is 11.8 Å². The number of hydrogen-bond acceptors (Lipinski definition) is 2. The van der Waals surface area contributed by atoms with Crippen LogP contribution in [0.1, 0.15) is 28.3 Å². The number of hydrogen-bond donors (Lipinski definition) is 1. The van der Waals surface area contributed by atoms with Crippen LogP contribution in [0, 0.1) is 6.92 Å². The second-order valence-corrected chi connectivity index (χ2v) is 7.82. The van der Waals surface area contributed by atoms with Crippen molar-refractivity contribution in [1.29, 1.82) is 0 Å². The van der Waals surface area contributed by atoms with Gasteiger partial charge in [-0.3, -0.25) is 0 Å². The van der Waals surface area contributed by atoms with Gasteiger partial charge in [-0.2, -0.15) is 0 Å². The Hall–Kier alpha value is -2.43. The Bertz CT molecular complexity index is 922. The molecule has 0 heterocycles. The maximum atomic E-state index is 12.8. The third-order valence-corrected chi connectivity index (χ3v) is 5.44. The van der Waals surface area contributed by atoms with Crippen LogP contribution in [0.3, 0.4) is 0 Å². The fourth-order valence-corrected chi connectivity index (χ4v) is 4.22. The van der Waals surface area contributed by atoms with Crippen LogP contribution in [0.15, 0.2) is 84.9 Å². The van der Waals surface area contributed by atoms with Crippen molar-refractivity contribution in [2.75, 3.05) is 0 Å². The first-order valence-electron chi connectivity index (χ1n) is 8.19. The molecule has 0 aliphatic rings. The number of nitrogens with one attached hydrogen (secondary N) is 1. The maximum absolute atomic E-state index is 12.8. The van der Waals surface area contributed by atoms with Crippen LogP contribution in [0.25, 0.3) is 0 Å². The number of aryl methyl sites for hydroxylation is 1. The minimum atomic E-state index is -3.50. The SMILES string of the molecule is Cc1ccccc1[C@H](NS(=O)(=O)Cc1ccccc1)c1ccccc1. The van der Waals surface area contributed by atoms with Gasteiger partial charge in [-0.05, 0) is 29.2 Å². The summed E-state index contributed by atoms with van der Waals surface area (Å²) in [6.45, 7) is 2.00. The zero-order chi connectivity index (χ0) is 17.7. The largest absolute Gasteiger partial charge is 0.216 e. The summed E-state index contributed by atoms with van der Waals surface area (Å²) in [5.41, 5.74) is 3.71. The minimum Gasteiger partial charge on any atom is -0.212 e. The average molecular weight is 351 g/mol. The molecule has 0 saturated carbocycles. The molecule has 3 nitrogen and oxygen atoms in total. The summed E-state index contributed by atoms with van der Waals surface area (Å²) in [6, 6.07) is 26.3. The third-order valence-electron chi connectivity index (χ3n) is 4.13. The molecule has 0 radical (unpaired) electrons. The van der Waals surface area contributed by atoms with Crippen molar-refractivity contribution < 1.29 is 8.42 Å². The molecular formula is C21H21NO2S. The zero-order valence-corrected chi connectivity index (χ0v) is 14.9. The monoisotopic (exact) mass is 351 g/mol. The van der Waals surface area contributed by atoms with Crippen LogP contribution in [0.4, 0.5) is 0 Å². The summed E-state index contributed by atoms with van der Waals surface area (Å²) in [5.74, 6) is -0.0386. The lowest BCUT2D eigenvalue weighted by Crippen LogP contribution is -2.31. The highest BCUT2D eigenvalue weighted by Gasteiger charge is 2.22. The molecule has 4 heteroatoms. The Kier molecular flexibility index (Phi) is 5.31. The lowest BCUT2D eigenvalue weighted by molar-refractivity contribution is 0.571. The predicted octanol–water partition coefficient (Wildman–Crippen LogP) is 4.20. The molecule has 0 amide bonds. The first-order chi connectivity index (χ1) is 12.1. The molecule has 0 aliphatic heterocycles. The molecule has 1 N–H and O–H groups in total. The zero-order valence-electron chi connectivity index (χ0n) is 14.1. The van der Waals surface area contributed by atoms with Gasteiger partial charge < -0.3 is 0 Å². The van der Waals surface area contributed by atoms with Gasteiger partial charge in [-0.15, -0.1) is 0 Å². The van der Waals surface area contributed by atoms with E-state index < -0.39 is 16.1 Å². The lowest BCUT2D eigenvalue weighted by Gasteiger charge is -2.21. The van der Waals surface area contributed by atoms with Crippen LogP contribution < -0.4 is 4.72 Å². The van der Waals surface area contributed by atoms with Crippen LogP contribution in [0.2, 0.25) is 0 Å². The van der Waals surface area contributed by atoms with Crippen LogP contribution in [0.5, 0.6) is 0 Å². The van der Waals surface area contributed by atoms with E-state index in [1.165, 1.54) is 0 Å². The van der Waals surface area contributed by atoms with E-state index >= 15 is 0 Å². The second-order valence-electron chi connectivity index (χ2n) is 6.06. The van der Waals surface area contributed by atoms with Gasteiger partial charge in [0.15, 0.2) is 0 Å². The molecule has 3 aromatic carbocycles. The molecule has 0 unspecified atom stereocenters. The van der Waals surface area contributed by atoms with Gasteiger partial charge >= 0.3 is 0 Å². The molecule has 3 aromatic rings. The number of rotatable bonds is 6. The van der Waals surface area contributed by atoms with E-state index in [1.54, 1.807) is 0 Å². The van der Waals surface area contributed by atoms with E-state index in [9.17, 15) is 8.42 Å². The van der Waals surface area contributed by atoms with Crippen molar-refractivity contribution in [1.82, 2.24) is 4.72 Å². The van der Waals surface area contributed by atoms with E-state index in [0.717, 1.165) is 22.3 Å². The van der Waals surface area contributed by atoms with E-state index in [2.05, 4.69) is 4.72 Å². The molecule has 25 heavy (non-hydrogen) atoms. The van der Waals surface area contributed by atoms with E-state index in [-0.39, 0.29) is 5.75 Å². The Labute approximate surface area is 149 Å². The summed E-state index contributed by atoms with van der Waals surface area (Å²) in [7, 11) is -3.50. The summed E-state index contributed by atoms with van der Waals surface area (Å²) in [6.07, 6.45) is 0. The Morgan fingerprint density at radius 3 is 2.00 bits per heavy atom. The summed E-state index contributed by atoms with van der Waals surface area (Å²) < 4.78 is 28.4. The van der Waals surface area contributed by atoms with Crippen molar-refractivity contribution >= 4 is 10.0 Å². The Morgan fingerprint density at radius 2 is 1.36 bits per heavy atom. The number of sulfonamides is 1. The molecule has 0 saturated heterocycles. The molecule has 0 aromatic heterocycles. The highest BCUT2D eigenvalue weighted by molar-refractivity contribution is 7.88. The highest BCUT2D eigenvalue weighted by Crippen LogP contribution is 2.26. The molecule has 0 spiro atoms. The molecule has 3 rings (SSSR count). The quantitative estimate of drug-likeness (QED) is 0.723. The van der Waals surface area contributed by atoms with E-state index in [1.807, 2.05) is 91.9 Å². The van der Waals surface area contributed by atoms with Crippen LogP contribution in [-0.2, 0) is 15.8 Å². The van der Waals surface area contributed by atoms with E-state index in [4.69, 9.17) is 0 Å². The predicted molar refractivity (Wildman–Crippen MR) is 102 cm³/mol. The maximum Gasteiger partial charge on any atom is 0.216 e. The molecule has 0 fully saturated rings. The third kappa shape index (κ3) is 4.56. The van der Waals surface area contributed by atoms with E-state index in [0.29, 0.717) is 0 Å². The normalized spacial score (nSPS) is 12.7. The van der Waals surface area contributed by atoms with Crippen molar-refractivity contribution in [3.63, 3.8) is 0 Å². The fraction of sp³-hybridized carbons (Fsp3) is 0.143. The minimum absolute atomic E-state index is 0.0386. The van der Waals surface area contributed by atoms with Gasteiger partial charge in [0, 0.05) is 0 Å². The smallest absolute Gasteiger partial charge is 0.212 e. The summed E-state index contributed by atoms with van der Waals surface area (Å²) >= 11 is 0. The second kappa shape index (κ2) is 7.64. The first-order valence-corrected chi connectivity index (χ1v) is 9.85. The molecule has 0 bridgehead atoms. The Morgan fingerprint density at radius 1 is 0.800 bits per heavy atom. The van der Waals surface area contributed by atoms with Gasteiger partial charge in [0.1, 0.15) is 0 Å². The fourth-order valence-electron chi connectivity index (χ4n) is 2.88. The van der Waals surface area contributed by atoms with Crippen molar-refractivity contribution in [2.45, 2.75) is 18.7 Å². The first kappa shape index (κ1) is 17.4. The standard InChI is InChI=1S/C21H21NO2S/c1-17-10-8-9-15-20(17)21(19-13-6-3-7-14-19)22-25(23,24)16-18-11-4-2-5-12-18/h2-15,21-22H,16H2,1H3/t21-/m1/s1. The Balaban J connectivity index is 1.94. The van der Waals surface area contributed by atoms with Gasteiger partial charge in [-0.1, -0.05) is 84.9 Å². The molecule has 128 valence electrons. The molecule has 0 aliphatic carbocycles. The van der Waals surface area contributed by atoms with Crippen LogP contribution in [-0.4, -0.2) is 8.42 Å². The van der Waals surface area contributed by atoms with Gasteiger partial charge in [0.2, 0.25) is 10.0 Å². The topological polar surface area (TPSA) is 46.2 Å². The van der Waals surface area contributed by atoms with Crippen molar-refractivity contribution in [3.05, 3.63) is 107 Å². The average Bonchev–Trinajstić information content (AvgIpc) is 2.62. The number of benzene rings is 3. The molecule has 1 atom stereocenters. The van der Waals surface area contributed by atoms with Gasteiger partial charge in [-0.25, -0.2) is 13.1 Å². The van der Waals surface area contributed by atoms with Crippen molar-refractivity contribution in [3.8, 4) is 0 Å². The van der Waals surface area contributed by atoms with Crippen molar-refractivity contribution in [2.24, 2.45) is 0 Å². The highest BCUT2D eigenvalue weighted by atomic mass is 32.2.